The second kappa shape index (κ2) is 36.0. The fourth-order valence-corrected chi connectivity index (χ4v) is 0. The zero-order valence-electron chi connectivity index (χ0n) is 4.41. The average Bonchev–Trinajstić information content (AvgIpc) is 1.46. The van der Waals surface area contributed by atoms with Crippen molar-refractivity contribution in [1.82, 2.24) is 0 Å². The molecule has 0 heteroatoms. The molecule has 0 saturated carbocycles. The predicted octanol–water partition coefficient (Wildman–Crippen LogP) is 2.26. The van der Waals surface area contributed by atoms with E-state index in [1.54, 1.807) is 6.92 Å². The topological polar surface area (TPSA) is 0 Å². The molecular formula is C5H13-. The molecule has 0 unspecified atom stereocenters. The van der Waals surface area contributed by atoms with Crippen LogP contribution in [0.15, 0.2) is 0 Å². The van der Waals surface area contributed by atoms with Gasteiger partial charge in [-0.15, -0.1) is 0 Å². The van der Waals surface area contributed by atoms with Crippen LogP contribution < -0.4 is 0 Å². The van der Waals surface area contributed by atoms with Crippen molar-refractivity contribution in [3.8, 4) is 0 Å². The van der Waals surface area contributed by atoms with Crippen LogP contribution in [0.5, 0.6) is 0 Å². The van der Waals surface area contributed by atoms with Crippen molar-refractivity contribution < 1.29 is 0 Å². The van der Waals surface area contributed by atoms with Gasteiger partial charge in [-0.2, -0.15) is 6.92 Å². The monoisotopic (exact) mass is 73.1 g/mol. The Morgan fingerprint density at radius 3 is 1.20 bits per heavy atom. The zero-order chi connectivity index (χ0) is 4.71. The van der Waals surface area contributed by atoms with Crippen molar-refractivity contribution in [2.75, 3.05) is 0 Å². The molecule has 0 aliphatic carbocycles. The smallest absolute Gasteiger partial charge is 0.0590 e. The molecule has 5 heavy (non-hydrogen) atoms. The van der Waals surface area contributed by atoms with Gasteiger partial charge in [0.1, 0.15) is 0 Å². The number of hydrogen-bond donors (Lipinski definition) is 0. The molecule has 0 radical (unpaired) electrons. The minimum absolute atomic E-state index is 1.25. The van der Waals surface area contributed by atoms with Crippen LogP contribution in [0, 0.1) is 6.92 Å². The Labute approximate surface area is 35.2 Å². The van der Waals surface area contributed by atoms with Crippen molar-refractivity contribution in [3.05, 3.63) is 6.92 Å². The highest BCUT2D eigenvalue weighted by Crippen LogP contribution is 1.56. The first-order chi connectivity index (χ1) is 2.41. The molecule has 0 saturated heterocycles. The Morgan fingerprint density at radius 2 is 1.20 bits per heavy atom. The highest BCUT2D eigenvalue weighted by atomic mass is 13.4. The lowest BCUT2D eigenvalue weighted by Gasteiger charge is -1.48. The summed E-state index contributed by atoms with van der Waals surface area (Å²) in [5.74, 6) is 0. The van der Waals surface area contributed by atoms with Crippen LogP contribution in [0.1, 0.15) is 27.2 Å². The summed E-state index contributed by atoms with van der Waals surface area (Å²) >= 11 is 0. The van der Waals surface area contributed by atoms with Gasteiger partial charge in [-0.25, -0.2) is 0 Å². The second-order valence-electron chi connectivity index (χ2n) is 0.707. The van der Waals surface area contributed by atoms with E-state index in [9.17, 15) is 0 Å². The van der Waals surface area contributed by atoms with E-state index >= 15 is 0 Å². The normalized spacial score (nSPS) is 4.80. The van der Waals surface area contributed by atoms with Gasteiger partial charge in [-0.05, 0) is 0 Å². The van der Waals surface area contributed by atoms with Crippen molar-refractivity contribution in [1.29, 1.82) is 0 Å². The molecule has 0 aromatic heterocycles. The largest absolute Gasteiger partial charge is 0.346 e. The Balaban J connectivity index is 0. The lowest BCUT2D eigenvalue weighted by Crippen LogP contribution is -1.27. The third-order valence-corrected chi connectivity index (χ3v) is 0. The van der Waals surface area contributed by atoms with Gasteiger partial charge in [0.15, 0.2) is 0 Å². The first kappa shape index (κ1) is 8.89. The van der Waals surface area contributed by atoms with Crippen molar-refractivity contribution >= 4 is 0 Å². The molecule has 0 spiro atoms. The SMILES string of the molecule is CCC.[CH2-]C. The maximum atomic E-state index is 3.25. The Hall–Kier alpha value is 0. The highest BCUT2D eigenvalue weighted by molar-refractivity contribution is 3.94. The summed E-state index contributed by atoms with van der Waals surface area (Å²) in [5, 5.41) is 0. The fraction of sp³-hybridized carbons (Fsp3) is 0.800. The first-order valence-corrected chi connectivity index (χ1v) is 2.12. The lowest BCUT2D eigenvalue weighted by atomic mass is 10.6. The summed E-state index contributed by atoms with van der Waals surface area (Å²) in [6.07, 6.45) is 1.25. The summed E-state index contributed by atoms with van der Waals surface area (Å²) in [6, 6.07) is 0. The highest BCUT2D eigenvalue weighted by Gasteiger charge is 1.35. The Morgan fingerprint density at radius 1 is 1.20 bits per heavy atom. The van der Waals surface area contributed by atoms with Crippen LogP contribution in [0.25, 0.3) is 0 Å². The van der Waals surface area contributed by atoms with Gasteiger partial charge in [-0.1, -0.05) is 20.3 Å². The van der Waals surface area contributed by atoms with Gasteiger partial charge in [0, 0.05) is 0 Å². The minimum atomic E-state index is 1.25. The van der Waals surface area contributed by atoms with E-state index < -0.39 is 0 Å². The summed E-state index contributed by atoms with van der Waals surface area (Å²) in [4.78, 5) is 0. The van der Waals surface area contributed by atoms with Crippen LogP contribution in [0.2, 0.25) is 0 Å². The molecule has 0 fully saturated rings. The van der Waals surface area contributed by atoms with Crippen LogP contribution in [-0.2, 0) is 0 Å². The molecule has 34 valence electrons. The van der Waals surface area contributed by atoms with E-state index in [-0.39, 0.29) is 0 Å². The van der Waals surface area contributed by atoms with Gasteiger partial charge < -0.3 is 6.92 Å². The maximum absolute atomic E-state index is 3.25. The third kappa shape index (κ3) is 0. The van der Waals surface area contributed by atoms with E-state index in [4.69, 9.17) is 0 Å². The van der Waals surface area contributed by atoms with E-state index in [1.165, 1.54) is 6.42 Å². The van der Waals surface area contributed by atoms with Crippen molar-refractivity contribution in [2.24, 2.45) is 0 Å². The minimum Gasteiger partial charge on any atom is -0.346 e. The van der Waals surface area contributed by atoms with Crippen LogP contribution in [-0.4, -0.2) is 0 Å². The molecule has 0 N–H and O–H groups in total. The van der Waals surface area contributed by atoms with Gasteiger partial charge in [0.2, 0.25) is 0 Å². The molecule has 0 rings (SSSR count). The second-order valence-corrected chi connectivity index (χ2v) is 0.707. The molecule has 0 amide bonds. The number of hydrogen-bond acceptors (Lipinski definition) is 0. The molecule has 0 bridgehead atoms. The molecule has 0 nitrogen and oxygen atoms in total. The van der Waals surface area contributed by atoms with Crippen LogP contribution in [0.3, 0.4) is 0 Å². The Bertz CT molecular complexity index is 0. The predicted molar refractivity (Wildman–Crippen MR) is 27.0 cm³/mol. The average molecular weight is 73.2 g/mol. The summed E-state index contributed by atoms with van der Waals surface area (Å²) in [5.41, 5.74) is 0. The molecular weight excluding hydrogens is 60.1 g/mol. The lowest BCUT2D eigenvalue weighted by molar-refractivity contribution is 1.09. The van der Waals surface area contributed by atoms with Crippen molar-refractivity contribution in [2.45, 2.75) is 27.2 Å². The summed E-state index contributed by atoms with van der Waals surface area (Å²) in [7, 11) is 0. The molecule has 0 aromatic carbocycles. The fourth-order valence-electron chi connectivity index (χ4n) is 0. The van der Waals surface area contributed by atoms with Crippen LogP contribution in [0.4, 0.5) is 0 Å². The molecule has 0 atom stereocenters. The Kier molecular flexibility index (Phi) is 64.0. The quantitative estimate of drug-likeness (QED) is 0.386. The zero-order valence-corrected chi connectivity index (χ0v) is 4.41. The maximum Gasteiger partial charge on any atom is -0.0590 e. The molecule has 0 heterocycles. The molecule has 0 aliphatic rings. The van der Waals surface area contributed by atoms with Gasteiger partial charge >= 0.3 is 0 Å². The standard InChI is InChI=1S/C3H8.C2H5/c1-3-2;1-2/h3H2,1-2H3;1H2,2H3/q;-1. The van der Waals surface area contributed by atoms with Gasteiger partial charge in [0.25, 0.3) is 0 Å². The summed E-state index contributed by atoms with van der Waals surface area (Å²) in [6.45, 7) is 9.25. The van der Waals surface area contributed by atoms with E-state index in [1.807, 2.05) is 0 Å². The van der Waals surface area contributed by atoms with Gasteiger partial charge in [0.05, 0.1) is 0 Å². The first-order valence-electron chi connectivity index (χ1n) is 2.12. The summed E-state index contributed by atoms with van der Waals surface area (Å²) < 4.78 is 0. The van der Waals surface area contributed by atoms with E-state index in [0.29, 0.717) is 0 Å². The van der Waals surface area contributed by atoms with E-state index in [2.05, 4.69) is 20.8 Å². The molecule has 0 aliphatic heterocycles. The number of rotatable bonds is 0. The third-order valence-electron chi connectivity index (χ3n) is 0. The molecule has 0 aromatic rings. The van der Waals surface area contributed by atoms with Gasteiger partial charge in [-0.3, -0.25) is 0 Å². The van der Waals surface area contributed by atoms with Crippen molar-refractivity contribution in [3.63, 3.8) is 0 Å². The van der Waals surface area contributed by atoms with Crippen LogP contribution >= 0.6 is 0 Å². The van der Waals surface area contributed by atoms with E-state index in [0.717, 1.165) is 0 Å².